The lowest BCUT2D eigenvalue weighted by Crippen LogP contribution is -2.24. The van der Waals surface area contributed by atoms with Gasteiger partial charge in [0.2, 0.25) is 0 Å². The van der Waals surface area contributed by atoms with E-state index in [2.05, 4.69) is 36.4 Å². The topological polar surface area (TPSA) is 34.4 Å². The zero-order valence-electron chi connectivity index (χ0n) is 17.7. The van der Waals surface area contributed by atoms with E-state index in [1.807, 2.05) is 20.8 Å². The third-order valence-electron chi connectivity index (χ3n) is 4.88. The van der Waals surface area contributed by atoms with Crippen LogP contribution in [0.4, 0.5) is 26.3 Å². The van der Waals surface area contributed by atoms with Crippen molar-refractivity contribution in [1.29, 1.82) is 0 Å². The predicted molar refractivity (Wildman–Crippen MR) is 115 cm³/mol. The Labute approximate surface area is 198 Å². The van der Waals surface area contributed by atoms with Crippen LogP contribution in [-0.2, 0) is 17.8 Å². The minimum Gasteiger partial charge on any atom is -0.462 e. The second kappa shape index (κ2) is 9.00. The first kappa shape index (κ1) is 26.7. The molecule has 0 heterocycles. The van der Waals surface area contributed by atoms with Crippen LogP contribution in [0.5, 0.6) is 0 Å². The molecule has 0 aliphatic rings. The Morgan fingerprint density at radius 1 is 0.812 bits per heavy atom. The van der Waals surface area contributed by atoms with Gasteiger partial charge in [-0.2, -0.15) is 30.9 Å². The van der Waals surface area contributed by atoms with Crippen LogP contribution in [0.3, 0.4) is 0 Å². The maximum atomic E-state index is 13.9. The summed E-state index contributed by atoms with van der Waals surface area (Å²) in [5, 5.41) is 11.7. The molecule has 10 heteroatoms. The fourth-order valence-electron chi connectivity index (χ4n) is 3.12. The lowest BCUT2D eigenvalue weighted by Gasteiger charge is -2.22. The van der Waals surface area contributed by atoms with Crippen molar-refractivity contribution in [1.82, 2.24) is 0 Å². The number of benzene rings is 2. The number of halogens is 8. The Morgan fingerprint density at radius 3 is 1.50 bits per heavy atom. The molecule has 32 heavy (non-hydrogen) atoms. The zero-order valence-corrected chi connectivity index (χ0v) is 20.9. The van der Waals surface area contributed by atoms with Crippen LogP contribution in [0.2, 0.25) is 0 Å². The Kier molecular flexibility index (Phi) is 7.51. The van der Waals surface area contributed by atoms with E-state index in [-0.39, 0.29) is 25.5 Å². The van der Waals surface area contributed by atoms with E-state index >= 15 is 0 Å². The monoisotopic (exact) mass is 588 g/mol. The van der Waals surface area contributed by atoms with E-state index in [0.29, 0.717) is 12.1 Å². The van der Waals surface area contributed by atoms with Gasteiger partial charge < -0.3 is 5.26 Å². The predicted octanol–water partition coefficient (Wildman–Crippen LogP) is 7.71. The van der Waals surface area contributed by atoms with E-state index < -0.39 is 40.7 Å². The Balaban J connectivity index is 3.00. The second-order valence-corrected chi connectivity index (χ2v) is 10.3. The third kappa shape index (κ3) is 5.50. The molecule has 0 unspecified atom stereocenters. The van der Waals surface area contributed by atoms with Crippen molar-refractivity contribution < 1.29 is 36.2 Å². The normalized spacial score (nSPS) is 13.8. The number of ketones is 1. The smallest absolute Gasteiger partial charge is 0.417 e. The van der Waals surface area contributed by atoms with Crippen molar-refractivity contribution in [3.05, 3.63) is 66.6 Å². The second-order valence-electron chi connectivity index (χ2n) is 8.62. The molecule has 0 N–H and O–H groups in total. The van der Waals surface area contributed by atoms with Crippen LogP contribution in [0.25, 0.3) is 0 Å². The van der Waals surface area contributed by atoms with Gasteiger partial charge in [0.1, 0.15) is 11.1 Å². The molecule has 0 saturated heterocycles. The summed E-state index contributed by atoms with van der Waals surface area (Å²) in [4.78, 5) is 0. The molecule has 2 aromatic carbocycles. The highest BCUT2D eigenvalue weighted by Gasteiger charge is 2.47. The van der Waals surface area contributed by atoms with E-state index in [1.165, 1.54) is 26.0 Å². The van der Waals surface area contributed by atoms with Crippen LogP contribution in [0.15, 0.2) is 33.2 Å². The minimum atomic E-state index is -5.17. The van der Waals surface area contributed by atoms with Crippen LogP contribution in [0, 0.1) is 0 Å². The first-order valence-electron chi connectivity index (χ1n) is 9.39. The number of rotatable bonds is 3. The van der Waals surface area contributed by atoms with Gasteiger partial charge in [-0.25, -0.2) is 0 Å². The summed E-state index contributed by atoms with van der Waals surface area (Å²) in [6.45, 7) is 8.59. The highest BCUT2D eigenvalue weighted by Crippen LogP contribution is 2.44. The fraction of sp³-hybridized carbons (Fsp3) is 0.409. The molecule has 0 atom stereocenters. The molecule has 0 radical (unpaired) electrons. The van der Waals surface area contributed by atoms with Crippen molar-refractivity contribution >= 4 is 37.6 Å². The highest BCUT2D eigenvalue weighted by atomic mass is 79.9. The van der Waals surface area contributed by atoms with Crippen LogP contribution < -0.4 is 5.26 Å². The van der Waals surface area contributed by atoms with E-state index in [1.54, 1.807) is 0 Å². The standard InChI is InChI=1S/C22H20Br2F6O2/c1-10(2)11-6-13(21(25,26)27)17(14(7-11)22(28,29)30)19(32-31)18-15(23)8-12(9-16(18)24)20(3,4)5/h6-10H,1-5H3. The van der Waals surface area contributed by atoms with E-state index in [0.717, 1.165) is 5.56 Å². The highest BCUT2D eigenvalue weighted by molar-refractivity contribution is 9.11. The molecular weight excluding hydrogens is 570 g/mol. The zero-order chi connectivity index (χ0) is 24.8. The van der Waals surface area contributed by atoms with E-state index in [4.69, 9.17) is 0 Å². The van der Waals surface area contributed by atoms with Crippen molar-refractivity contribution in [2.45, 2.75) is 58.3 Å². The maximum absolute atomic E-state index is 13.9. The van der Waals surface area contributed by atoms with E-state index in [9.17, 15) is 31.6 Å². The summed E-state index contributed by atoms with van der Waals surface area (Å²) in [5.74, 6) is -1.70. The molecule has 176 valence electrons. The van der Waals surface area contributed by atoms with Crippen molar-refractivity contribution in [3.63, 3.8) is 0 Å². The van der Waals surface area contributed by atoms with Crippen molar-refractivity contribution in [2.24, 2.45) is 0 Å². The van der Waals surface area contributed by atoms with Gasteiger partial charge in [-0.15, -0.1) is 0 Å². The minimum absolute atomic E-state index is 0.108. The largest absolute Gasteiger partial charge is 0.462 e. The molecule has 2 rings (SSSR count). The lowest BCUT2D eigenvalue weighted by atomic mass is 9.85. The molecule has 0 saturated carbocycles. The molecule has 0 aliphatic heterocycles. The first-order valence-corrected chi connectivity index (χ1v) is 11.0. The van der Waals surface area contributed by atoms with Gasteiger partial charge >= 0.3 is 18.1 Å². The fourth-order valence-corrected chi connectivity index (χ4v) is 4.67. The van der Waals surface area contributed by atoms with Gasteiger partial charge in [0, 0.05) is 8.95 Å². The summed E-state index contributed by atoms with van der Waals surface area (Å²) in [6.07, 6.45) is -10.3. The number of hydrogen-bond donors (Lipinski definition) is 0. The van der Waals surface area contributed by atoms with Crippen LogP contribution in [-0.4, -0.2) is 5.78 Å². The molecule has 0 aliphatic carbocycles. The average molecular weight is 590 g/mol. The number of hydrogen-bond acceptors (Lipinski definition) is 1. The summed E-state index contributed by atoms with van der Waals surface area (Å²) >= 11 is 6.37. The average Bonchev–Trinajstić information content (AvgIpc) is 2.61. The van der Waals surface area contributed by atoms with Crippen LogP contribution in [0.1, 0.15) is 78.5 Å². The molecule has 2 aromatic rings. The van der Waals surface area contributed by atoms with Gasteiger partial charge in [0.15, 0.2) is 0 Å². The van der Waals surface area contributed by atoms with Gasteiger partial charge in [0.05, 0.1) is 11.1 Å². The third-order valence-corrected chi connectivity index (χ3v) is 6.13. The van der Waals surface area contributed by atoms with Gasteiger partial charge in [-0.3, -0.25) is 0 Å². The lowest BCUT2D eigenvalue weighted by molar-refractivity contribution is -0.937. The van der Waals surface area contributed by atoms with Crippen LogP contribution >= 0.6 is 31.9 Å². The van der Waals surface area contributed by atoms with Crippen molar-refractivity contribution in [3.8, 4) is 0 Å². The SMILES string of the molecule is CC(C)c1cc(C(F)(F)F)c(C(=[O+][O-])c2c(Br)cc(C(C)(C)C)cc2Br)c(C(F)(F)F)c1. The quantitative estimate of drug-likeness (QED) is 0.119. The molecule has 2 nitrogen and oxygen atoms in total. The molecule has 0 fully saturated rings. The summed E-state index contributed by atoms with van der Waals surface area (Å²) in [7, 11) is 0. The Hall–Kier alpha value is -1.55. The maximum Gasteiger partial charge on any atom is 0.417 e. The molecule has 0 spiro atoms. The van der Waals surface area contributed by atoms with Crippen molar-refractivity contribution in [2.75, 3.05) is 0 Å². The molecule has 0 bridgehead atoms. The Bertz CT molecular complexity index is 990. The van der Waals surface area contributed by atoms with Gasteiger partial charge in [0.25, 0.3) is 0 Å². The molecular formula is C22H20Br2F6O2. The molecule has 0 aromatic heterocycles. The van der Waals surface area contributed by atoms with Gasteiger partial charge in [-0.1, -0.05) is 34.6 Å². The summed E-state index contributed by atoms with van der Waals surface area (Å²) in [5.41, 5.74) is -4.61. The Morgan fingerprint density at radius 2 is 1.22 bits per heavy atom. The number of carbonyl (C=O) groups excluding carboxylic acids is 1. The summed E-state index contributed by atoms with van der Waals surface area (Å²) in [6, 6.07) is 4.31. The number of alkyl halides is 6. The first-order chi connectivity index (χ1) is 14.4. The van der Waals surface area contributed by atoms with Gasteiger partial charge in [-0.05, 0) is 78.6 Å². The molecule has 0 amide bonds. The summed E-state index contributed by atoms with van der Waals surface area (Å²) < 4.78 is 87.8.